The third-order valence-corrected chi connectivity index (χ3v) is 5.69. The van der Waals surface area contributed by atoms with Gasteiger partial charge < -0.3 is 25.7 Å². The van der Waals surface area contributed by atoms with E-state index in [9.17, 15) is 4.79 Å². The van der Waals surface area contributed by atoms with Gasteiger partial charge in [-0.25, -0.2) is 4.98 Å². The van der Waals surface area contributed by atoms with Gasteiger partial charge in [0.15, 0.2) is 5.96 Å². The minimum Gasteiger partial charge on any atom is -0.444 e. The summed E-state index contributed by atoms with van der Waals surface area (Å²) in [6.07, 6.45) is 5.61. The zero-order chi connectivity index (χ0) is 22.1. The predicted octanol–water partition coefficient (Wildman–Crippen LogP) is 2.91. The molecule has 1 saturated heterocycles. The molecule has 0 spiro atoms. The van der Waals surface area contributed by atoms with Gasteiger partial charge >= 0.3 is 0 Å². The smallest absolute Gasteiger partial charge is 0.226 e. The number of aromatic nitrogens is 1. The maximum absolute atomic E-state index is 11.2. The average molecular weight is 554 g/mol. The molecule has 1 aromatic heterocycles. The number of aryl methyl sites for hydroxylation is 1. The normalized spacial score (nSPS) is 15.2. The Labute approximate surface area is 207 Å². The zero-order valence-corrected chi connectivity index (χ0v) is 21.3. The minimum absolute atomic E-state index is 0. The van der Waals surface area contributed by atoms with E-state index >= 15 is 0 Å². The number of piperidine rings is 1. The molecular weight excluding hydrogens is 519 g/mol. The Balaban J connectivity index is 0.00000363. The molecule has 1 amide bonds. The van der Waals surface area contributed by atoms with E-state index in [1.165, 1.54) is 5.56 Å². The molecule has 3 rings (SSSR count). The fourth-order valence-electron chi connectivity index (χ4n) is 3.72. The Morgan fingerprint density at radius 1 is 1.22 bits per heavy atom. The number of oxazole rings is 1. The van der Waals surface area contributed by atoms with Crippen LogP contribution in [0.25, 0.3) is 11.5 Å². The number of halogens is 1. The van der Waals surface area contributed by atoms with Crippen molar-refractivity contribution < 1.29 is 9.21 Å². The van der Waals surface area contributed by atoms with Crippen LogP contribution in [0.1, 0.15) is 36.9 Å². The molecule has 0 aliphatic carbocycles. The molecule has 1 fully saturated rings. The number of guanidine groups is 1. The molecule has 32 heavy (non-hydrogen) atoms. The van der Waals surface area contributed by atoms with Crippen LogP contribution in [0, 0.1) is 12.8 Å². The van der Waals surface area contributed by atoms with Gasteiger partial charge in [-0.15, -0.1) is 24.0 Å². The standard InChI is InChI=1S/C23H34N6O2.HI/c1-17-5-7-19(8-6-17)22-28-20(16-31-22)15-27-23(25-2)26-11-3-4-12-29-13-9-18(10-14-29)21(24)30;/h5-8,16,18H,3-4,9-15H2,1-2H3,(H2,24,30)(H2,25,26,27);1H. The van der Waals surface area contributed by atoms with Gasteiger partial charge in [-0.1, -0.05) is 17.7 Å². The number of unbranched alkanes of at least 4 members (excludes halogenated alkanes) is 1. The van der Waals surface area contributed by atoms with E-state index in [-0.39, 0.29) is 35.8 Å². The van der Waals surface area contributed by atoms with Crippen LogP contribution >= 0.6 is 24.0 Å². The fourth-order valence-corrected chi connectivity index (χ4v) is 3.72. The Kier molecular flexibility index (Phi) is 10.9. The van der Waals surface area contributed by atoms with Crippen LogP contribution in [-0.4, -0.2) is 55.0 Å². The number of carbonyl (C=O) groups is 1. The molecule has 1 aromatic carbocycles. The van der Waals surface area contributed by atoms with Crippen LogP contribution in [0.2, 0.25) is 0 Å². The summed E-state index contributed by atoms with van der Waals surface area (Å²) in [5.74, 6) is 1.28. The zero-order valence-electron chi connectivity index (χ0n) is 19.0. The number of nitrogens with one attached hydrogen (secondary N) is 2. The topological polar surface area (TPSA) is 109 Å². The molecule has 0 atom stereocenters. The maximum Gasteiger partial charge on any atom is 0.226 e. The molecular formula is C23H35IN6O2. The third kappa shape index (κ3) is 8.09. The molecule has 2 aromatic rings. The summed E-state index contributed by atoms with van der Waals surface area (Å²) in [7, 11) is 1.76. The van der Waals surface area contributed by atoms with Crippen LogP contribution < -0.4 is 16.4 Å². The van der Waals surface area contributed by atoms with Gasteiger partial charge in [-0.05, 0) is 64.4 Å². The van der Waals surface area contributed by atoms with Crippen LogP contribution in [0.5, 0.6) is 0 Å². The molecule has 8 nitrogen and oxygen atoms in total. The first-order chi connectivity index (χ1) is 15.0. The van der Waals surface area contributed by atoms with Gasteiger partial charge in [0.05, 0.1) is 12.2 Å². The molecule has 1 aliphatic heterocycles. The molecule has 0 bridgehead atoms. The van der Waals surface area contributed by atoms with Crippen molar-refractivity contribution in [2.24, 2.45) is 16.6 Å². The second kappa shape index (κ2) is 13.4. The number of hydrogen-bond donors (Lipinski definition) is 3. The average Bonchev–Trinajstić information content (AvgIpc) is 3.25. The van der Waals surface area contributed by atoms with Crippen molar-refractivity contribution in [1.82, 2.24) is 20.5 Å². The molecule has 176 valence electrons. The lowest BCUT2D eigenvalue weighted by atomic mass is 9.96. The second-order valence-electron chi connectivity index (χ2n) is 8.09. The van der Waals surface area contributed by atoms with Crippen LogP contribution in [0.4, 0.5) is 0 Å². The summed E-state index contributed by atoms with van der Waals surface area (Å²) < 4.78 is 5.61. The van der Waals surface area contributed by atoms with Gasteiger partial charge in [0, 0.05) is 25.1 Å². The van der Waals surface area contributed by atoms with E-state index in [0.717, 1.165) is 69.1 Å². The number of benzene rings is 1. The van der Waals surface area contributed by atoms with Crippen molar-refractivity contribution in [3.05, 3.63) is 41.8 Å². The fraction of sp³-hybridized carbons (Fsp3) is 0.522. The highest BCUT2D eigenvalue weighted by Crippen LogP contribution is 2.19. The van der Waals surface area contributed by atoms with Crippen molar-refractivity contribution >= 4 is 35.8 Å². The minimum atomic E-state index is -0.153. The summed E-state index contributed by atoms with van der Waals surface area (Å²) in [6.45, 7) is 6.44. The van der Waals surface area contributed by atoms with E-state index in [2.05, 4.69) is 32.4 Å². The quantitative estimate of drug-likeness (QED) is 0.191. The van der Waals surface area contributed by atoms with Crippen LogP contribution in [0.15, 0.2) is 39.9 Å². The highest BCUT2D eigenvalue weighted by Gasteiger charge is 2.22. The number of aliphatic imine (C=N–C) groups is 1. The number of nitrogens with two attached hydrogens (primary N) is 1. The molecule has 9 heteroatoms. The Morgan fingerprint density at radius 2 is 1.94 bits per heavy atom. The Hall–Kier alpha value is -2.14. The summed E-state index contributed by atoms with van der Waals surface area (Å²) in [5.41, 5.74) is 8.41. The van der Waals surface area contributed by atoms with Gasteiger partial charge in [0.25, 0.3) is 0 Å². The Bertz CT molecular complexity index is 860. The lowest BCUT2D eigenvalue weighted by Gasteiger charge is -2.30. The highest BCUT2D eigenvalue weighted by atomic mass is 127. The molecule has 0 radical (unpaired) electrons. The van der Waals surface area contributed by atoms with E-state index in [1.807, 2.05) is 24.3 Å². The lowest BCUT2D eigenvalue weighted by Crippen LogP contribution is -2.39. The summed E-state index contributed by atoms with van der Waals surface area (Å²) in [6, 6.07) is 8.12. The number of primary amides is 1. The number of amides is 1. The summed E-state index contributed by atoms with van der Waals surface area (Å²) >= 11 is 0. The van der Waals surface area contributed by atoms with Crippen molar-refractivity contribution in [2.45, 2.75) is 39.2 Å². The van der Waals surface area contributed by atoms with Gasteiger partial charge in [-0.3, -0.25) is 9.79 Å². The molecule has 2 heterocycles. The molecule has 0 unspecified atom stereocenters. The van der Waals surface area contributed by atoms with Gasteiger partial charge in [0.2, 0.25) is 11.8 Å². The second-order valence-corrected chi connectivity index (χ2v) is 8.09. The first kappa shape index (κ1) is 26.1. The third-order valence-electron chi connectivity index (χ3n) is 5.69. The Morgan fingerprint density at radius 3 is 2.59 bits per heavy atom. The maximum atomic E-state index is 11.2. The summed E-state index contributed by atoms with van der Waals surface area (Å²) in [4.78, 5) is 22.5. The van der Waals surface area contributed by atoms with Crippen molar-refractivity contribution in [3.63, 3.8) is 0 Å². The summed E-state index contributed by atoms with van der Waals surface area (Å²) in [5, 5.41) is 6.62. The van der Waals surface area contributed by atoms with Crippen molar-refractivity contribution in [1.29, 1.82) is 0 Å². The number of hydrogen-bond acceptors (Lipinski definition) is 5. The number of likely N-dealkylation sites (tertiary alicyclic amines) is 1. The molecule has 1 aliphatic rings. The SMILES string of the molecule is CN=C(NCCCCN1CCC(C(N)=O)CC1)NCc1coc(-c2ccc(C)cc2)n1.I. The molecule has 0 saturated carbocycles. The van der Waals surface area contributed by atoms with E-state index in [1.54, 1.807) is 13.3 Å². The van der Waals surface area contributed by atoms with Crippen molar-refractivity contribution in [3.8, 4) is 11.5 Å². The van der Waals surface area contributed by atoms with E-state index < -0.39 is 0 Å². The first-order valence-electron chi connectivity index (χ1n) is 11.0. The largest absolute Gasteiger partial charge is 0.444 e. The first-order valence-corrected chi connectivity index (χ1v) is 11.0. The number of carbonyl (C=O) groups excluding carboxylic acids is 1. The van der Waals surface area contributed by atoms with Crippen LogP contribution in [0.3, 0.4) is 0 Å². The highest BCUT2D eigenvalue weighted by molar-refractivity contribution is 14.0. The van der Waals surface area contributed by atoms with Crippen LogP contribution in [-0.2, 0) is 11.3 Å². The van der Waals surface area contributed by atoms with Crippen molar-refractivity contribution in [2.75, 3.05) is 33.2 Å². The van der Waals surface area contributed by atoms with E-state index in [4.69, 9.17) is 10.2 Å². The van der Waals surface area contributed by atoms with Gasteiger partial charge in [-0.2, -0.15) is 0 Å². The van der Waals surface area contributed by atoms with Gasteiger partial charge in [0.1, 0.15) is 6.26 Å². The number of rotatable bonds is 9. The van der Waals surface area contributed by atoms with E-state index in [0.29, 0.717) is 12.4 Å². The predicted molar refractivity (Wildman–Crippen MR) is 138 cm³/mol. The lowest BCUT2D eigenvalue weighted by molar-refractivity contribution is -0.123. The molecule has 4 N–H and O–H groups in total. The monoisotopic (exact) mass is 554 g/mol. The number of nitrogens with zero attached hydrogens (tertiary/aromatic N) is 3.